The summed E-state index contributed by atoms with van der Waals surface area (Å²) < 4.78 is 18.4. The molecule has 1 N–H and O–H groups in total. The molecule has 1 aromatic carbocycles. The Balaban J connectivity index is 1.71. The second kappa shape index (κ2) is 7.15. The van der Waals surface area contributed by atoms with Crippen molar-refractivity contribution < 1.29 is 9.13 Å². The molecule has 0 atom stereocenters. The molecular weight excluding hydrogens is 297 g/mol. The number of hydrogen-bond donors (Lipinski definition) is 1. The molecule has 0 saturated carbocycles. The summed E-state index contributed by atoms with van der Waals surface area (Å²) in [5, 5.41) is 4.11. The topological polar surface area (TPSA) is 62.6 Å². The molecule has 0 amide bonds. The van der Waals surface area contributed by atoms with E-state index in [9.17, 15) is 4.39 Å². The average Bonchev–Trinajstić information content (AvgIpc) is 2.55. The van der Waals surface area contributed by atoms with Crippen molar-refractivity contribution in [2.75, 3.05) is 36.6 Å². The SMILES string of the molecule is Cc1cc(NN=Cc2cccc(F)c2)nc(N2CCOCC2)n1. The summed E-state index contributed by atoms with van der Waals surface area (Å²) in [7, 11) is 0. The van der Waals surface area contributed by atoms with Gasteiger partial charge in [0.25, 0.3) is 0 Å². The maximum absolute atomic E-state index is 13.1. The fraction of sp³-hybridized carbons (Fsp3) is 0.312. The van der Waals surface area contributed by atoms with Gasteiger partial charge in [-0.2, -0.15) is 10.1 Å². The highest BCUT2D eigenvalue weighted by molar-refractivity contribution is 5.80. The van der Waals surface area contributed by atoms with Crippen molar-refractivity contribution in [3.8, 4) is 0 Å². The summed E-state index contributed by atoms with van der Waals surface area (Å²) in [6.45, 7) is 4.81. The monoisotopic (exact) mass is 315 g/mol. The van der Waals surface area contributed by atoms with Crippen LogP contribution in [0.15, 0.2) is 35.4 Å². The molecule has 2 heterocycles. The lowest BCUT2D eigenvalue weighted by Crippen LogP contribution is -2.37. The Bertz CT molecular complexity index is 701. The quantitative estimate of drug-likeness (QED) is 0.692. The minimum atomic E-state index is -0.290. The first-order valence-electron chi connectivity index (χ1n) is 7.44. The zero-order valence-corrected chi connectivity index (χ0v) is 12.9. The highest BCUT2D eigenvalue weighted by Gasteiger charge is 2.14. The van der Waals surface area contributed by atoms with Gasteiger partial charge in [0.1, 0.15) is 5.82 Å². The summed E-state index contributed by atoms with van der Waals surface area (Å²) in [6.07, 6.45) is 1.55. The molecule has 0 radical (unpaired) electrons. The molecule has 120 valence electrons. The number of aryl methyl sites for hydroxylation is 1. The van der Waals surface area contributed by atoms with Gasteiger partial charge in [0.05, 0.1) is 19.4 Å². The molecule has 1 fully saturated rings. The van der Waals surface area contributed by atoms with Gasteiger partial charge in [-0.3, -0.25) is 5.43 Å². The van der Waals surface area contributed by atoms with Crippen molar-refractivity contribution in [3.05, 3.63) is 47.4 Å². The molecule has 0 unspecified atom stereocenters. The Hall–Kier alpha value is -2.54. The van der Waals surface area contributed by atoms with Gasteiger partial charge in [0.15, 0.2) is 5.82 Å². The smallest absolute Gasteiger partial charge is 0.227 e. The second-order valence-corrected chi connectivity index (χ2v) is 5.22. The molecule has 0 bridgehead atoms. The number of ether oxygens (including phenoxy) is 1. The van der Waals surface area contributed by atoms with Gasteiger partial charge in [0, 0.05) is 24.8 Å². The van der Waals surface area contributed by atoms with Gasteiger partial charge in [-0.25, -0.2) is 9.37 Å². The van der Waals surface area contributed by atoms with Crippen LogP contribution in [0.5, 0.6) is 0 Å². The second-order valence-electron chi connectivity index (χ2n) is 5.22. The number of hydrogen-bond acceptors (Lipinski definition) is 6. The van der Waals surface area contributed by atoms with Crippen molar-refractivity contribution in [2.24, 2.45) is 5.10 Å². The van der Waals surface area contributed by atoms with E-state index in [2.05, 4.69) is 25.4 Å². The maximum atomic E-state index is 13.1. The Morgan fingerprint density at radius 2 is 2.09 bits per heavy atom. The van der Waals surface area contributed by atoms with E-state index in [1.165, 1.54) is 12.1 Å². The summed E-state index contributed by atoms with van der Waals surface area (Å²) in [6, 6.07) is 8.04. The number of rotatable bonds is 4. The number of hydrazone groups is 1. The fourth-order valence-electron chi connectivity index (χ4n) is 2.27. The lowest BCUT2D eigenvalue weighted by molar-refractivity contribution is 0.122. The predicted molar refractivity (Wildman–Crippen MR) is 87.4 cm³/mol. The minimum Gasteiger partial charge on any atom is -0.378 e. The first-order valence-corrected chi connectivity index (χ1v) is 7.44. The first-order chi connectivity index (χ1) is 11.2. The third-order valence-corrected chi connectivity index (χ3v) is 3.38. The van der Waals surface area contributed by atoms with Crippen LogP contribution < -0.4 is 10.3 Å². The van der Waals surface area contributed by atoms with Crippen molar-refractivity contribution in [3.63, 3.8) is 0 Å². The van der Waals surface area contributed by atoms with Crippen LogP contribution in [-0.2, 0) is 4.74 Å². The number of anilines is 2. The van der Waals surface area contributed by atoms with Gasteiger partial charge in [-0.15, -0.1) is 0 Å². The number of nitrogens with zero attached hydrogens (tertiary/aromatic N) is 4. The standard InChI is InChI=1S/C16H18FN5O/c1-12-9-15(20-16(19-12)22-5-7-23-8-6-22)21-18-11-13-3-2-4-14(17)10-13/h2-4,9-11H,5-8H2,1H3,(H,19,20,21). The Kier molecular flexibility index (Phi) is 4.77. The molecule has 0 spiro atoms. The van der Waals surface area contributed by atoms with Gasteiger partial charge >= 0.3 is 0 Å². The lowest BCUT2D eigenvalue weighted by Gasteiger charge is -2.27. The van der Waals surface area contributed by atoms with Crippen LogP contribution in [0.1, 0.15) is 11.3 Å². The summed E-state index contributed by atoms with van der Waals surface area (Å²) in [5.41, 5.74) is 4.40. The van der Waals surface area contributed by atoms with Gasteiger partial charge in [-0.1, -0.05) is 12.1 Å². The highest BCUT2D eigenvalue weighted by Crippen LogP contribution is 2.15. The van der Waals surface area contributed by atoms with Crippen LogP contribution >= 0.6 is 0 Å². The molecule has 1 aliphatic rings. The summed E-state index contributed by atoms with van der Waals surface area (Å²) in [5.74, 6) is 0.977. The van der Waals surface area contributed by atoms with E-state index in [0.717, 1.165) is 18.8 Å². The van der Waals surface area contributed by atoms with Crippen LogP contribution in [0.25, 0.3) is 0 Å². The van der Waals surface area contributed by atoms with Crippen molar-refractivity contribution in [1.29, 1.82) is 0 Å². The third-order valence-electron chi connectivity index (χ3n) is 3.38. The molecule has 3 rings (SSSR count). The van der Waals surface area contributed by atoms with E-state index in [1.807, 2.05) is 13.0 Å². The average molecular weight is 315 g/mol. The predicted octanol–water partition coefficient (Wildman–Crippen LogP) is 2.21. The maximum Gasteiger partial charge on any atom is 0.227 e. The van der Waals surface area contributed by atoms with E-state index in [0.29, 0.717) is 30.5 Å². The number of halogens is 1. The van der Waals surface area contributed by atoms with Gasteiger partial charge < -0.3 is 9.64 Å². The van der Waals surface area contributed by atoms with Crippen LogP contribution in [-0.4, -0.2) is 42.5 Å². The van der Waals surface area contributed by atoms with Crippen LogP contribution in [0.4, 0.5) is 16.2 Å². The zero-order valence-electron chi connectivity index (χ0n) is 12.9. The summed E-state index contributed by atoms with van der Waals surface area (Å²) >= 11 is 0. The lowest BCUT2D eigenvalue weighted by atomic mass is 10.2. The molecule has 1 aliphatic heterocycles. The number of nitrogens with one attached hydrogen (secondary N) is 1. The Morgan fingerprint density at radius 3 is 2.87 bits per heavy atom. The van der Waals surface area contributed by atoms with Crippen molar-refractivity contribution in [1.82, 2.24) is 9.97 Å². The van der Waals surface area contributed by atoms with E-state index < -0.39 is 0 Å². The van der Waals surface area contributed by atoms with Crippen LogP contribution in [0.3, 0.4) is 0 Å². The van der Waals surface area contributed by atoms with Gasteiger partial charge in [0.2, 0.25) is 5.95 Å². The van der Waals surface area contributed by atoms with Crippen LogP contribution in [0.2, 0.25) is 0 Å². The normalized spacial score (nSPS) is 15.1. The Labute approximate surface area is 134 Å². The third kappa shape index (κ3) is 4.23. The number of aromatic nitrogens is 2. The molecule has 1 saturated heterocycles. The molecule has 1 aromatic heterocycles. The number of benzene rings is 1. The highest BCUT2D eigenvalue weighted by atomic mass is 19.1. The van der Waals surface area contributed by atoms with Crippen LogP contribution in [0, 0.1) is 12.7 Å². The Morgan fingerprint density at radius 1 is 1.26 bits per heavy atom. The molecule has 2 aromatic rings. The first kappa shape index (κ1) is 15.4. The molecule has 7 heteroatoms. The number of morpholine rings is 1. The zero-order chi connectivity index (χ0) is 16.1. The fourth-order valence-corrected chi connectivity index (χ4v) is 2.27. The van der Waals surface area contributed by atoms with Crippen molar-refractivity contribution >= 4 is 18.0 Å². The van der Waals surface area contributed by atoms with Gasteiger partial charge in [-0.05, 0) is 24.6 Å². The molecular formula is C16H18FN5O. The molecule has 0 aliphatic carbocycles. The van der Waals surface area contributed by atoms with E-state index in [4.69, 9.17) is 4.74 Å². The van der Waals surface area contributed by atoms with Crippen molar-refractivity contribution in [2.45, 2.75) is 6.92 Å². The molecule has 23 heavy (non-hydrogen) atoms. The summed E-state index contributed by atoms with van der Waals surface area (Å²) in [4.78, 5) is 11.0. The molecule has 6 nitrogen and oxygen atoms in total. The van der Waals surface area contributed by atoms with E-state index in [1.54, 1.807) is 18.3 Å². The van der Waals surface area contributed by atoms with E-state index in [-0.39, 0.29) is 5.82 Å². The van der Waals surface area contributed by atoms with E-state index >= 15 is 0 Å². The minimum absolute atomic E-state index is 0.290. The largest absolute Gasteiger partial charge is 0.378 e.